The molecule has 0 bridgehead atoms. The quantitative estimate of drug-likeness (QED) is 0.892. The van der Waals surface area contributed by atoms with Crippen molar-refractivity contribution in [3.05, 3.63) is 39.9 Å². The van der Waals surface area contributed by atoms with Crippen molar-refractivity contribution in [2.24, 2.45) is 0 Å². The number of hydrogen-bond donors (Lipinski definition) is 1. The molecule has 4 rings (SSSR count). The molecule has 1 aliphatic carbocycles. The summed E-state index contributed by atoms with van der Waals surface area (Å²) in [6.45, 7) is 1.87. The maximum absolute atomic E-state index is 12.5. The summed E-state index contributed by atoms with van der Waals surface area (Å²) in [6.07, 6.45) is 4.99. The van der Waals surface area contributed by atoms with E-state index in [4.69, 9.17) is 0 Å². The summed E-state index contributed by atoms with van der Waals surface area (Å²) in [7, 11) is -3.32. The molecule has 0 saturated heterocycles. The molecule has 25 heavy (non-hydrogen) atoms. The molecule has 132 valence electrons. The molecule has 1 aliphatic heterocycles. The predicted molar refractivity (Wildman–Crippen MR) is 99.0 cm³/mol. The zero-order valence-electron chi connectivity index (χ0n) is 14.1. The van der Waals surface area contributed by atoms with Crippen LogP contribution in [0.3, 0.4) is 0 Å². The Morgan fingerprint density at radius 2 is 2.16 bits per heavy atom. The summed E-state index contributed by atoms with van der Waals surface area (Å²) in [5, 5.41) is 3.51. The highest BCUT2D eigenvalue weighted by Crippen LogP contribution is 2.35. The molecule has 0 spiro atoms. The second-order valence-electron chi connectivity index (χ2n) is 6.65. The topological polar surface area (TPSA) is 79.4 Å². The van der Waals surface area contributed by atoms with Crippen LogP contribution < -0.4 is 9.62 Å². The predicted octanol–water partition coefficient (Wildman–Crippen LogP) is 2.59. The maximum atomic E-state index is 12.5. The van der Waals surface area contributed by atoms with Gasteiger partial charge in [-0.3, -0.25) is 14.4 Å². The number of anilines is 2. The number of carbonyl (C=O) groups is 1. The van der Waals surface area contributed by atoms with E-state index in [2.05, 4.69) is 10.3 Å². The molecule has 1 aromatic carbocycles. The third kappa shape index (κ3) is 2.93. The third-order valence-corrected chi connectivity index (χ3v) is 7.01. The van der Waals surface area contributed by atoms with Crippen LogP contribution in [-0.2, 0) is 29.3 Å². The normalized spacial score (nSPS) is 19.0. The van der Waals surface area contributed by atoms with E-state index >= 15 is 0 Å². The number of nitrogens with one attached hydrogen (secondary N) is 1. The lowest BCUT2D eigenvalue weighted by Gasteiger charge is -2.21. The fraction of sp³-hybridized carbons (Fsp3) is 0.412. The molecule has 0 unspecified atom stereocenters. The van der Waals surface area contributed by atoms with Crippen LogP contribution in [0.25, 0.3) is 0 Å². The first-order valence-corrected chi connectivity index (χ1v) is 10.9. The number of aromatic nitrogens is 1. The Hall–Kier alpha value is -1.93. The number of rotatable bonds is 3. The van der Waals surface area contributed by atoms with Gasteiger partial charge in [-0.05, 0) is 56.4 Å². The molecule has 2 aromatic rings. The molecule has 2 aliphatic rings. The minimum Gasteiger partial charge on any atom is -0.298 e. The van der Waals surface area contributed by atoms with Crippen LogP contribution in [0.4, 0.5) is 10.8 Å². The smallest absolute Gasteiger partial charge is 0.257 e. The van der Waals surface area contributed by atoms with Gasteiger partial charge in [0.15, 0.2) is 5.13 Å². The van der Waals surface area contributed by atoms with E-state index in [1.807, 2.05) is 6.92 Å². The first-order chi connectivity index (χ1) is 11.8. The lowest BCUT2D eigenvalue weighted by Crippen LogP contribution is -2.34. The van der Waals surface area contributed by atoms with Crippen molar-refractivity contribution in [3.63, 3.8) is 0 Å². The van der Waals surface area contributed by atoms with E-state index in [1.165, 1.54) is 15.4 Å². The first-order valence-electron chi connectivity index (χ1n) is 8.25. The van der Waals surface area contributed by atoms with Gasteiger partial charge in [-0.2, -0.15) is 0 Å². The van der Waals surface area contributed by atoms with Crippen molar-refractivity contribution in [2.75, 3.05) is 15.9 Å². The molecule has 6 nitrogen and oxygen atoms in total. The van der Waals surface area contributed by atoms with Crippen molar-refractivity contribution in [1.82, 2.24) is 4.98 Å². The first kappa shape index (κ1) is 16.5. The number of fused-ring (bicyclic) bond motifs is 2. The zero-order chi connectivity index (χ0) is 17.8. The number of benzene rings is 1. The fourth-order valence-electron chi connectivity index (χ4n) is 3.66. The summed E-state index contributed by atoms with van der Waals surface area (Å²) >= 11 is 1.54. The van der Waals surface area contributed by atoms with Gasteiger partial charge in [-0.1, -0.05) is 0 Å². The van der Waals surface area contributed by atoms with E-state index in [1.54, 1.807) is 29.5 Å². The number of nitrogens with zero attached hydrogens (tertiary/aromatic N) is 2. The molecule has 1 N–H and O–H groups in total. The van der Waals surface area contributed by atoms with Crippen LogP contribution >= 0.6 is 11.3 Å². The second kappa shape index (κ2) is 5.81. The third-order valence-electron chi connectivity index (χ3n) is 4.67. The van der Waals surface area contributed by atoms with Gasteiger partial charge in [-0.25, -0.2) is 13.4 Å². The Kier molecular flexibility index (Phi) is 3.84. The Morgan fingerprint density at radius 1 is 1.36 bits per heavy atom. The Morgan fingerprint density at radius 3 is 2.88 bits per heavy atom. The second-order valence-corrected chi connectivity index (χ2v) is 9.60. The molecule has 1 aromatic heterocycles. The summed E-state index contributed by atoms with van der Waals surface area (Å²) in [4.78, 5) is 18.3. The molecule has 2 heterocycles. The van der Waals surface area contributed by atoms with E-state index in [0.29, 0.717) is 22.8 Å². The minimum absolute atomic E-state index is 0.134. The van der Waals surface area contributed by atoms with Crippen molar-refractivity contribution >= 4 is 38.1 Å². The van der Waals surface area contributed by atoms with Crippen LogP contribution in [0, 0.1) is 0 Å². The minimum atomic E-state index is -3.32. The summed E-state index contributed by atoms with van der Waals surface area (Å²) in [6, 6.07) is 5.04. The number of sulfonamides is 1. The Balaban J connectivity index is 1.58. The summed E-state index contributed by atoms with van der Waals surface area (Å²) in [5.41, 5.74) is 3.18. The lowest BCUT2D eigenvalue weighted by atomic mass is 10.1. The van der Waals surface area contributed by atoms with Gasteiger partial charge in [0.2, 0.25) is 10.0 Å². The van der Waals surface area contributed by atoms with Crippen molar-refractivity contribution in [3.8, 4) is 0 Å². The number of hydrogen-bond acceptors (Lipinski definition) is 5. The number of aryl methyl sites for hydroxylation is 2. The average Bonchev–Trinajstić information content (AvgIpc) is 3.16. The van der Waals surface area contributed by atoms with E-state index < -0.39 is 10.0 Å². The molecular weight excluding hydrogens is 358 g/mol. The van der Waals surface area contributed by atoms with Gasteiger partial charge < -0.3 is 0 Å². The van der Waals surface area contributed by atoms with Crippen molar-refractivity contribution in [1.29, 1.82) is 0 Å². The highest BCUT2D eigenvalue weighted by Gasteiger charge is 2.32. The SMILES string of the molecule is C[C@H]1Cc2cc(C(=O)Nc3nc4c(s3)CCC4)ccc2N1S(C)(=O)=O. The largest absolute Gasteiger partial charge is 0.298 e. The highest BCUT2D eigenvalue weighted by atomic mass is 32.2. The summed E-state index contributed by atoms with van der Waals surface area (Å²) < 4.78 is 25.4. The van der Waals surface area contributed by atoms with Crippen LogP contribution in [0.2, 0.25) is 0 Å². The number of thiazole rings is 1. The number of carbonyl (C=O) groups excluding carboxylic acids is 1. The van der Waals surface area contributed by atoms with Crippen molar-refractivity contribution in [2.45, 2.75) is 38.6 Å². The van der Waals surface area contributed by atoms with Crippen molar-refractivity contribution < 1.29 is 13.2 Å². The molecule has 1 amide bonds. The Bertz CT molecular complexity index is 944. The highest BCUT2D eigenvalue weighted by molar-refractivity contribution is 7.92. The van der Waals surface area contributed by atoms with Crippen LogP contribution in [-0.4, -0.2) is 31.6 Å². The fourth-order valence-corrected chi connectivity index (χ4v) is 5.97. The summed E-state index contributed by atoms with van der Waals surface area (Å²) in [5.74, 6) is -0.208. The molecule has 0 saturated carbocycles. The molecule has 0 fully saturated rings. The van der Waals surface area contributed by atoms with Crippen LogP contribution in [0.15, 0.2) is 18.2 Å². The standard InChI is InChI=1S/C17H19N3O3S2/c1-10-8-12-9-11(6-7-14(12)20(10)25(2,22)23)16(21)19-17-18-13-4-3-5-15(13)24-17/h6-7,9-10H,3-5,8H2,1-2H3,(H,18,19,21)/t10-/m0/s1. The monoisotopic (exact) mass is 377 g/mol. The van der Waals surface area contributed by atoms with E-state index in [9.17, 15) is 13.2 Å². The van der Waals surface area contributed by atoms with Gasteiger partial charge in [-0.15, -0.1) is 11.3 Å². The molecular formula is C17H19N3O3S2. The van der Waals surface area contributed by atoms with Gasteiger partial charge in [0, 0.05) is 16.5 Å². The maximum Gasteiger partial charge on any atom is 0.257 e. The van der Waals surface area contributed by atoms with Gasteiger partial charge >= 0.3 is 0 Å². The van der Waals surface area contributed by atoms with Gasteiger partial charge in [0.1, 0.15) is 0 Å². The lowest BCUT2D eigenvalue weighted by molar-refractivity contribution is 0.102. The van der Waals surface area contributed by atoms with Crippen LogP contribution in [0.1, 0.15) is 39.8 Å². The number of amides is 1. The van der Waals surface area contributed by atoms with Gasteiger partial charge in [0.05, 0.1) is 17.6 Å². The zero-order valence-corrected chi connectivity index (χ0v) is 15.7. The average molecular weight is 377 g/mol. The molecule has 8 heteroatoms. The van der Waals surface area contributed by atoms with E-state index in [-0.39, 0.29) is 11.9 Å². The Labute approximate surface area is 150 Å². The van der Waals surface area contributed by atoms with E-state index in [0.717, 1.165) is 30.5 Å². The van der Waals surface area contributed by atoms with Gasteiger partial charge in [0.25, 0.3) is 5.91 Å². The van der Waals surface area contributed by atoms with Crippen LogP contribution in [0.5, 0.6) is 0 Å². The molecule has 1 atom stereocenters. The molecule has 0 radical (unpaired) electrons.